The van der Waals surface area contributed by atoms with Crippen LogP contribution in [0.3, 0.4) is 0 Å². The van der Waals surface area contributed by atoms with Crippen LogP contribution in [0.5, 0.6) is 0 Å². The lowest BCUT2D eigenvalue weighted by atomic mass is 10.1. The van der Waals surface area contributed by atoms with E-state index in [4.69, 9.17) is 0 Å². The first-order chi connectivity index (χ1) is 10.4. The SMILES string of the molecule is CCCCCCCCN1C=CN(CCCCCCCC)C1. The minimum atomic E-state index is 1.13. The molecule has 0 spiro atoms. The van der Waals surface area contributed by atoms with Crippen molar-refractivity contribution in [3.8, 4) is 0 Å². The van der Waals surface area contributed by atoms with Gasteiger partial charge in [0.1, 0.15) is 0 Å². The van der Waals surface area contributed by atoms with Crippen LogP contribution in [0.4, 0.5) is 0 Å². The van der Waals surface area contributed by atoms with E-state index in [1.807, 2.05) is 0 Å². The van der Waals surface area contributed by atoms with Crippen LogP contribution in [-0.2, 0) is 0 Å². The highest BCUT2D eigenvalue weighted by Gasteiger charge is 2.10. The zero-order chi connectivity index (χ0) is 15.2. The van der Waals surface area contributed by atoms with Gasteiger partial charge in [-0.15, -0.1) is 0 Å². The fourth-order valence-electron chi connectivity index (χ4n) is 3.00. The second-order valence-electron chi connectivity index (χ2n) is 6.60. The molecular weight excluding hydrogens is 256 g/mol. The standard InChI is InChI=1S/C19H38N2/c1-3-5-7-9-11-13-15-20-17-18-21(19-20)16-14-12-10-8-6-4-2/h17-18H,3-16,19H2,1-2H3. The Morgan fingerprint density at radius 1 is 0.571 bits per heavy atom. The molecule has 0 radical (unpaired) electrons. The molecule has 0 N–H and O–H groups in total. The van der Waals surface area contributed by atoms with Crippen LogP contribution in [-0.4, -0.2) is 29.6 Å². The van der Waals surface area contributed by atoms with Crippen molar-refractivity contribution in [2.75, 3.05) is 19.8 Å². The molecule has 0 saturated heterocycles. The van der Waals surface area contributed by atoms with Crippen LogP contribution in [0.2, 0.25) is 0 Å². The van der Waals surface area contributed by atoms with Gasteiger partial charge >= 0.3 is 0 Å². The summed E-state index contributed by atoms with van der Waals surface area (Å²) in [7, 11) is 0. The highest BCUT2D eigenvalue weighted by Crippen LogP contribution is 2.12. The van der Waals surface area contributed by atoms with E-state index in [2.05, 4.69) is 36.0 Å². The molecule has 2 nitrogen and oxygen atoms in total. The van der Waals surface area contributed by atoms with Gasteiger partial charge in [0, 0.05) is 25.5 Å². The van der Waals surface area contributed by atoms with Gasteiger partial charge in [0.15, 0.2) is 0 Å². The van der Waals surface area contributed by atoms with Gasteiger partial charge in [0.2, 0.25) is 0 Å². The molecule has 0 amide bonds. The van der Waals surface area contributed by atoms with Crippen LogP contribution in [0.1, 0.15) is 90.9 Å². The number of hydrogen-bond acceptors (Lipinski definition) is 2. The van der Waals surface area contributed by atoms with Crippen molar-refractivity contribution in [2.45, 2.75) is 90.9 Å². The lowest BCUT2D eigenvalue weighted by Crippen LogP contribution is -2.26. The largest absolute Gasteiger partial charge is 0.359 e. The van der Waals surface area contributed by atoms with Crippen molar-refractivity contribution in [3.63, 3.8) is 0 Å². The monoisotopic (exact) mass is 294 g/mol. The normalized spacial score (nSPS) is 14.4. The molecule has 0 aromatic rings. The van der Waals surface area contributed by atoms with Crippen molar-refractivity contribution in [2.24, 2.45) is 0 Å². The van der Waals surface area contributed by atoms with Gasteiger partial charge < -0.3 is 9.80 Å². The number of nitrogens with zero attached hydrogens (tertiary/aromatic N) is 2. The summed E-state index contributed by atoms with van der Waals surface area (Å²) in [6, 6.07) is 0. The van der Waals surface area contributed by atoms with Crippen molar-refractivity contribution in [3.05, 3.63) is 12.4 Å². The molecular formula is C19H38N2. The third-order valence-electron chi connectivity index (χ3n) is 4.45. The molecule has 1 aliphatic rings. The smallest absolute Gasteiger partial charge is 0.0893 e. The van der Waals surface area contributed by atoms with E-state index < -0.39 is 0 Å². The molecule has 1 heterocycles. The fourth-order valence-corrected chi connectivity index (χ4v) is 3.00. The van der Waals surface area contributed by atoms with Crippen molar-refractivity contribution in [1.82, 2.24) is 9.80 Å². The van der Waals surface area contributed by atoms with E-state index in [0.717, 1.165) is 6.67 Å². The van der Waals surface area contributed by atoms with E-state index in [9.17, 15) is 0 Å². The van der Waals surface area contributed by atoms with E-state index in [-0.39, 0.29) is 0 Å². The Kier molecular flexibility index (Phi) is 11.4. The zero-order valence-corrected chi connectivity index (χ0v) is 14.7. The highest BCUT2D eigenvalue weighted by molar-refractivity contribution is 4.90. The van der Waals surface area contributed by atoms with Gasteiger partial charge in [0.05, 0.1) is 6.67 Å². The highest BCUT2D eigenvalue weighted by atomic mass is 15.3. The second-order valence-corrected chi connectivity index (χ2v) is 6.60. The molecule has 1 aliphatic heterocycles. The maximum atomic E-state index is 2.48. The summed E-state index contributed by atoms with van der Waals surface area (Å²) in [5.74, 6) is 0. The first kappa shape index (κ1) is 18.4. The van der Waals surface area contributed by atoms with Crippen LogP contribution >= 0.6 is 0 Å². The summed E-state index contributed by atoms with van der Waals surface area (Å²) in [6.07, 6.45) is 21.3. The van der Waals surface area contributed by atoms with Crippen LogP contribution in [0.15, 0.2) is 12.4 Å². The van der Waals surface area contributed by atoms with Crippen LogP contribution in [0.25, 0.3) is 0 Å². The Bertz CT molecular complexity index is 226. The quantitative estimate of drug-likeness (QED) is 0.376. The predicted molar refractivity (Wildman–Crippen MR) is 94.2 cm³/mol. The van der Waals surface area contributed by atoms with Crippen LogP contribution < -0.4 is 0 Å². The maximum Gasteiger partial charge on any atom is 0.0893 e. The van der Waals surface area contributed by atoms with Crippen molar-refractivity contribution in [1.29, 1.82) is 0 Å². The lowest BCUT2D eigenvalue weighted by molar-refractivity contribution is 0.257. The second kappa shape index (κ2) is 13.0. The number of rotatable bonds is 14. The molecule has 0 aromatic carbocycles. The summed E-state index contributed by atoms with van der Waals surface area (Å²) < 4.78 is 0. The molecule has 21 heavy (non-hydrogen) atoms. The molecule has 0 unspecified atom stereocenters. The predicted octanol–water partition coefficient (Wildman–Crippen LogP) is 5.75. The minimum absolute atomic E-state index is 1.13. The summed E-state index contributed by atoms with van der Waals surface area (Å²) in [5, 5.41) is 0. The Hall–Kier alpha value is -0.660. The summed E-state index contributed by atoms with van der Waals surface area (Å²) in [5.41, 5.74) is 0. The maximum absolute atomic E-state index is 2.48. The first-order valence-corrected chi connectivity index (χ1v) is 9.53. The lowest BCUT2D eigenvalue weighted by Gasteiger charge is -2.21. The summed E-state index contributed by atoms with van der Waals surface area (Å²) in [6.45, 7) is 8.19. The Morgan fingerprint density at radius 3 is 1.38 bits per heavy atom. The van der Waals surface area contributed by atoms with Crippen LogP contribution in [0, 0.1) is 0 Å². The van der Waals surface area contributed by atoms with E-state index >= 15 is 0 Å². The zero-order valence-electron chi connectivity index (χ0n) is 14.7. The molecule has 1 rings (SSSR count). The Labute approximate surface area is 133 Å². The average molecular weight is 295 g/mol. The first-order valence-electron chi connectivity index (χ1n) is 9.53. The molecule has 0 fully saturated rings. The van der Waals surface area contributed by atoms with Gasteiger partial charge in [-0.25, -0.2) is 0 Å². The third-order valence-corrected chi connectivity index (χ3v) is 4.45. The Balaban J connectivity index is 1.89. The topological polar surface area (TPSA) is 6.48 Å². The molecule has 2 heteroatoms. The minimum Gasteiger partial charge on any atom is -0.359 e. The number of hydrogen-bond donors (Lipinski definition) is 0. The van der Waals surface area contributed by atoms with Gasteiger partial charge in [0.25, 0.3) is 0 Å². The average Bonchev–Trinajstić information content (AvgIpc) is 2.94. The third kappa shape index (κ3) is 9.82. The van der Waals surface area contributed by atoms with Gasteiger partial charge in [-0.2, -0.15) is 0 Å². The molecule has 124 valence electrons. The molecule has 0 aromatic heterocycles. The van der Waals surface area contributed by atoms with Crippen molar-refractivity contribution >= 4 is 0 Å². The van der Waals surface area contributed by atoms with Gasteiger partial charge in [-0.1, -0.05) is 78.1 Å². The van der Waals surface area contributed by atoms with E-state index in [1.165, 1.54) is 90.1 Å². The fraction of sp³-hybridized carbons (Fsp3) is 0.895. The summed E-state index contributed by atoms with van der Waals surface area (Å²) in [4.78, 5) is 4.97. The molecule has 0 aliphatic carbocycles. The van der Waals surface area contributed by atoms with E-state index in [0.29, 0.717) is 0 Å². The van der Waals surface area contributed by atoms with E-state index in [1.54, 1.807) is 0 Å². The van der Waals surface area contributed by atoms with Gasteiger partial charge in [-0.3, -0.25) is 0 Å². The number of unbranched alkanes of at least 4 members (excludes halogenated alkanes) is 10. The van der Waals surface area contributed by atoms with Crippen molar-refractivity contribution < 1.29 is 0 Å². The Morgan fingerprint density at radius 2 is 0.952 bits per heavy atom. The van der Waals surface area contributed by atoms with Gasteiger partial charge in [-0.05, 0) is 12.8 Å². The molecule has 0 atom stereocenters. The summed E-state index contributed by atoms with van der Waals surface area (Å²) >= 11 is 0. The molecule has 0 bridgehead atoms. The molecule has 0 saturated carbocycles.